The molecule has 0 aliphatic heterocycles. The molecule has 0 atom stereocenters. The highest BCUT2D eigenvalue weighted by atomic mass is 35.5. The number of benzene rings is 3. The minimum atomic E-state index is 0.528. The monoisotopic (exact) mass is 488 g/mol. The molecule has 0 spiro atoms. The summed E-state index contributed by atoms with van der Waals surface area (Å²) in [5, 5.41) is 2.01. The number of aliphatic imine (C=N–C) groups is 1. The molecule has 0 radical (unpaired) electrons. The van der Waals surface area contributed by atoms with Crippen LogP contribution in [-0.2, 0) is 13.1 Å². The van der Waals surface area contributed by atoms with E-state index in [1.54, 1.807) is 38.1 Å². The SMILES string of the molecule is CCSC(=Nc1ccc(Cl)cc1Cl)N(Cc1ccc(OC)cc1)Cc1ccc(OC)cc1. The Balaban J connectivity index is 1.96. The summed E-state index contributed by atoms with van der Waals surface area (Å²) in [5.74, 6) is 2.55. The Morgan fingerprint density at radius 2 is 1.38 bits per heavy atom. The minimum absolute atomic E-state index is 0.528. The fourth-order valence-corrected chi connectivity index (χ4v) is 4.28. The first-order valence-corrected chi connectivity index (χ1v) is 11.9. The number of hydrogen-bond acceptors (Lipinski definition) is 4. The smallest absolute Gasteiger partial charge is 0.165 e. The van der Waals surface area contributed by atoms with Gasteiger partial charge in [-0.25, -0.2) is 4.99 Å². The average molecular weight is 489 g/mol. The zero-order valence-electron chi connectivity index (χ0n) is 18.3. The van der Waals surface area contributed by atoms with Crippen molar-refractivity contribution in [2.45, 2.75) is 20.0 Å². The van der Waals surface area contributed by atoms with Gasteiger partial charge in [0.05, 0.1) is 24.9 Å². The summed E-state index contributed by atoms with van der Waals surface area (Å²) in [6.45, 7) is 3.49. The van der Waals surface area contributed by atoms with E-state index in [0.29, 0.717) is 28.8 Å². The van der Waals surface area contributed by atoms with Crippen molar-refractivity contribution >= 4 is 45.8 Å². The molecule has 7 heteroatoms. The van der Waals surface area contributed by atoms with Gasteiger partial charge in [0, 0.05) is 18.1 Å². The van der Waals surface area contributed by atoms with E-state index in [9.17, 15) is 0 Å². The van der Waals surface area contributed by atoms with Crippen molar-refractivity contribution in [2.75, 3.05) is 20.0 Å². The second-order valence-electron chi connectivity index (χ2n) is 6.98. The largest absolute Gasteiger partial charge is 0.497 e. The van der Waals surface area contributed by atoms with E-state index < -0.39 is 0 Å². The Morgan fingerprint density at radius 1 is 0.844 bits per heavy atom. The molecule has 0 saturated heterocycles. The molecule has 3 aromatic carbocycles. The lowest BCUT2D eigenvalue weighted by atomic mass is 10.1. The molecule has 168 valence electrons. The zero-order chi connectivity index (χ0) is 22.9. The van der Waals surface area contributed by atoms with Crippen LogP contribution in [0.5, 0.6) is 11.5 Å². The Hall–Kier alpha value is -2.34. The molecule has 0 amide bonds. The van der Waals surface area contributed by atoms with Crippen molar-refractivity contribution < 1.29 is 9.47 Å². The summed E-state index contributed by atoms with van der Waals surface area (Å²) in [7, 11) is 3.34. The maximum absolute atomic E-state index is 6.42. The standard InChI is InChI=1S/C25H26Cl2N2O2S/c1-4-32-25(28-24-14-9-20(26)15-23(24)27)29(16-18-5-10-21(30-2)11-6-18)17-19-7-12-22(31-3)13-8-19/h5-15H,4,16-17H2,1-3H3. The number of rotatable bonds is 8. The Morgan fingerprint density at radius 3 is 1.81 bits per heavy atom. The quantitative estimate of drug-likeness (QED) is 0.243. The summed E-state index contributed by atoms with van der Waals surface area (Å²) < 4.78 is 10.6. The lowest BCUT2D eigenvalue weighted by Crippen LogP contribution is -2.28. The number of ether oxygens (including phenoxy) is 2. The molecule has 0 bridgehead atoms. The zero-order valence-corrected chi connectivity index (χ0v) is 20.7. The van der Waals surface area contributed by atoms with Crippen molar-refractivity contribution in [3.05, 3.63) is 87.9 Å². The molecule has 3 aromatic rings. The van der Waals surface area contributed by atoms with Crippen LogP contribution in [0.15, 0.2) is 71.7 Å². The third-order valence-corrected chi connectivity index (χ3v) is 6.17. The van der Waals surface area contributed by atoms with Crippen LogP contribution >= 0.6 is 35.0 Å². The molecule has 0 heterocycles. The van der Waals surface area contributed by atoms with Crippen LogP contribution in [0.4, 0.5) is 5.69 Å². The number of thioether (sulfide) groups is 1. The summed E-state index contributed by atoms with van der Waals surface area (Å²) in [6, 6.07) is 21.5. The van der Waals surface area contributed by atoms with Crippen molar-refractivity contribution in [3.63, 3.8) is 0 Å². The molecular formula is C25H26Cl2N2O2S. The Kier molecular flexibility index (Phi) is 9.15. The lowest BCUT2D eigenvalue weighted by molar-refractivity contribution is 0.405. The molecule has 3 rings (SSSR count). The van der Waals surface area contributed by atoms with Gasteiger partial charge in [0.15, 0.2) is 5.17 Å². The molecule has 4 nitrogen and oxygen atoms in total. The molecule has 0 aliphatic rings. The first kappa shape index (κ1) is 24.3. The number of methoxy groups -OCH3 is 2. The van der Waals surface area contributed by atoms with E-state index in [4.69, 9.17) is 37.7 Å². The number of halogens is 2. The molecule has 0 N–H and O–H groups in total. The van der Waals surface area contributed by atoms with E-state index in [2.05, 4.69) is 36.1 Å². The maximum atomic E-state index is 6.42. The van der Waals surface area contributed by atoms with Crippen LogP contribution in [0.2, 0.25) is 10.0 Å². The van der Waals surface area contributed by atoms with Gasteiger partial charge in [-0.15, -0.1) is 0 Å². The van der Waals surface area contributed by atoms with E-state index >= 15 is 0 Å². The van der Waals surface area contributed by atoms with E-state index in [0.717, 1.165) is 33.5 Å². The normalized spacial score (nSPS) is 11.3. The second-order valence-corrected chi connectivity index (χ2v) is 9.05. The second kappa shape index (κ2) is 12.0. The van der Waals surface area contributed by atoms with Gasteiger partial charge in [0.2, 0.25) is 0 Å². The van der Waals surface area contributed by atoms with E-state index in [1.807, 2.05) is 30.3 Å². The highest BCUT2D eigenvalue weighted by Crippen LogP contribution is 2.30. The summed E-state index contributed by atoms with van der Waals surface area (Å²) in [6.07, 6.45) is 0. The van der Waals surface area contributed by atoms with Crippen LogP contribution in [0, 0.1) is 0 Å². The number of amidine groups is 1. The lowest BCUT2D eigenvalue weighted by Gasteiger charge is -2.26. The van der Waals surface area contributed by atoms with Gasteiger partial charge < -0.3 is 14.4 Å². The fourth-order valence-electron chi connectivity index (χ4n) is 3.09. The Labute approximate surface area is 204 Å². The molecule has 32 heavy (non-hydrogen) atoms. The first-order chi connectivity index (χ1) is 15.5. The van der Waals surface area contributed by atoms with Crippen LogP contribution in [0.3, 0.4) is 0 Å². The van der Waals surface area contributed by atoms with Crippen LogP contribution in [0.1, 0.15) is 18.1 Å². The van der Waals surface area contributed by atoms with Gasteiger partial charge >= 0.3 is 0 Å². The summed E-state index contributed by atoms with van der Waals surface area (Å²) >= 11 is 14.2. The van der Waals surface area contributed by atoms with Gasteiger partial charge in [-0.1, -0.05) is 66.2 Å². The molecule has 0 aromatic heterocycles. The predicted molar refractivity (Wildman–Crippen MR) is 137 cm³/mol. The van der Waals surface area contributed by atoms with Crippen molar-refractivity contribution in [1.29, 1.82) is 0 Å². The van der Waals surface area contributed by atoms with Gasteiger partial charge in [-0.2, -0.15) is 0 Å². The van der Waals surface area contributed by atoms with Crippen LogP contribution in [-0.4, -0.2) is 30.0 Å². The molecular weight excluding hydrogens is 463 g/mol. The van der Waals surface area contributed by atoms with Gasteiger partial charge in [-0.05, 0) is 59.3 Å². The fraction of sp³-hybridized carbons (Fsp3) is 0.240. The highest BCUT2D eigenvalue weighted by Gasteiger charge is 2.15. The van der Waals surface area contributed by atoms with Gasteiger partial charge in [0.1, 0.15) is 11.5 Å². The topological polar surface area (TPSA) is 34.1 Å². The third kappa shape index (κ3) is 6.83. The van der Waals surface area contributed by atoms with Gasteiger partial charge in [-0.3, -0.25) is 0 Å². The highest BCUT2D eigenvalue weighted by molar-refractivity contribution is 8.13. The predicted octanol–water partition coefficient (Wildman–Crippen LogP) is 7.45. The van der Waals surface area contributed by atoms with Crippen LogP contribution < -0.4 is 9.47 Å². The van der Waals surface area contributed by atoms with Gasteiger partial charge in [0.25, 0.3) is 0 Å². The van der Waals surface area contributed by atoms with Crippen molar-refractivity contribution in [1.82, 2.24) is 4.90 Å². The van der Waals surface area contributed by atoms with E-state index in [-0.39, 0.29) is 0 Å². The molecule has 0 saturated carbocycles. The van der Waals surface area contributed by atoms with E-state index in [1.165, 1.54) is 0 Å². The van der Waals surface area contributed by atoms with Crippen molar-refractivity contribution in [3.8, 4) is 11.5 Å². The molecule has 0 unspecified atom stereocenters. The molecule has 0 aliphatic carbocycles. The molecule has 0 fully saturated rings. The minimum Gasteiger partial charge on any atom is -0.497 e. The summed E-state index contributed by atoms with van der Waals surface area (Å²) in [5.41, 5.74) is 3.01. The van der Waals surface area contributed by atoms with Crippen molar-refractivity contribution in [2.24, 2.45) is 4.99 Å². The third-order valence-electron chi connectivity index (χ3n) is 4.73. The van der Waals surface area contributed by atoms with Crippen LogP contribution in [0.25, 0.3) is 0 Å². The average Bonchev–Trinajstić information content (AvgIpc) is 2.81. The number of hydrogen-bond donors (Lipinski definition) is 0. The summed E-state index contributed by atoms with van der Waals surface area (Å²) in [4.78, 5) is 7.17. The number of nitrogens with zero attached hydrogens (tertiary/aromatic N) is 2. The Bertz CT molecular complexity index is 991. The first-order valence-electron chi connectivity index (χ1n) is 10.2. The maximum Gasteiger partial charge on any atom is 0.165 e.